The summed E-state index contributed by atoms with van der Waals surface area (Å²) in [6.07, 6.45) is 0. The molecular formula is C14H28B2O4. The summed E-state index contributed by atoms with van der Waals surface area (Å²) in [6, 6.07) is 9.60. The zero-order valence-corrected chi connectivity index (χ0v) is 13.9. The van der Waals surface area contributed by atoms with Crippen LogP contribution in [-0.2, 0) is 14.0 Å². The van der Waals surface area contributed by atoms with Crippen molar-refractivity contribution in [3.63, 3.8) is 0 Å². The van der Waals surface area contributed by atoms with Crippen molar-refractivity contribution >= 4 is 14.2 Å². The summed E-state index contributed by atoms with van der Waals surface area (Å²) < 4.78 is 19.7. The van der Waals surface area contributed by atoms with Crippen LogP contribution in [-0.4, -0.2) is 28.1 Å². The standard InChI is InChI=1S/C8H11BO2.C2H5BO2.2C2H6/c1-9(10-2)11-8-6-4-3-5-7-8;1-3-4-2-5-3;2*1-2/h3-7H,1-2H3;2H2,1H3;2*1-2H3. The van der Waals surface area contributed by atoms with E-state index in [0.29, 0.717) is 6.79 Å². The minimum absolute atomic E-state index is 0.0648. The third-order valence-electron chi connectivity index (χ3n) is 1.98. The molecule has 1 aliphatic rings. The maximum atomic E-state index is 5.34. The molecule has 0 bridgehead atoms. The van der Waals surface area contributed by atoms with Crippen LogP contribution in [0, 0.1) is 0 Å². The van der Waals surface area contributed by atoms with E-state index in [9.17, 15) is 0 Å². The first-order chi connectivity index (χ1) is 9.72. The lowest BCUT2D eigenvalue weighted by atomic mass is 9.94. The fourth-order valence-electron chi connectivity index (χ4n) is 0.943. The van der Waals surface area contributed by atoms with Gasteiger partial charge in [-0.05, 0) is 25.8 Å². The summed E-state index contributed by atoms with van der Waals surface area (Å²) >= 11 is 0. The Hall–Kier alpha value is -0.970. The van der Waals surface area contributed by atoms with Gasteiger partial charge in [0.25, 0.3) is 0 Å². The average Bonchev–Trinajstić information content (AvgIpc) is 2.51. The number of hydrogen-bond acceptors (Lipinski definition) is 4. The van der Waals surface area contributed by atoms with E-state index in [2.05, 4.69) is 0 Å². The highest BCUT2D eigenvalue weighted by Crippen LogP contribution is 2.09. The van der Waals surface area contributed by atoms with E-state index in [1.807, 2.05) is 71.7 Å². The Bertz CT molecular complexity index is 282. The van der Waals surface area contributed by atoms with Crippen LogP contribution in [0.4, 0.5) is 0 Å². The third-order valence-corrected chi connectivity index (χ3v) is 1.98. The van der Waals surface area contributed by atoms with Gasteiger partial charge < -0.3 is 18.6 Å². The van der Waals surface area contributed by atoms with Crippen molar-refractivity contribution in [2.24, 2.45) is 0 Å². The van der Waals surface area contributed by atoms with Crippen molar-refractivity contribution in [1.29, 1.82) is 0 Å². The lowest BCUT2D eigenvalue weighted by Crippen LogP contribution is -2.31. The third kappa shape index (κ3) is 12.1. The lowest BCUT2D eigenvalue weighted by Gasteiger charge is -2.18. The molecule has 0 aliphatic carbocycles. The Morgan fingerprint density at radius 1 is 1.05 bits per heavy atom. The van der Waals surface area contributed by atoms with Crippen LogP contribution in [0.5, 0.6) is 5.75 Å². The summed E-state index contributed by atoms with van der Waals surface area (Å²) in [7, 11) is 1.50. The molecule has 1 fully saturated rings. The minimum atomic E-state index is -0.183. The molecule has 0 aromatic heterocycles. The lowest BCUT2D eigenvalue weighted by molar-refractivity contribution is -0.00865. The Balaban J connectivity index is 0. The Kier molecular flexibility index (Phi) is 17.2. The molecule has 0 spiro atoms. The molecule has 20 heavy (non-hydrogen) atoms. The van der Waals surface area contributed by atoms with Crippen molar-refractivity contribution in [1.82, 2.24) is 0 Å². The monoisotopic (exact) mass is 282 g/mol. The summed E-state index contributed by atoms with van der Waals surface area (Å²) in [5.74, 6) is 0.835. The Morgan fingerprint density at radius 3 is 1.80 bits per heavy atom. The molecule has 0 N–H and O–H groups in total. The fourth-order valence-corrected chi connectivity index (χ4v) is 0.943. The molecule has 0 amide bonds. The molecule has 0 atom stereocenters. The van der Waals surface area contributed by atoms with Crippen LogP contribution in [0.25, 0.3) is 0 Å². The van der Waals surface area contributed by atoms with E-state index in [1.54, 1.807) is 7.11 Å². The highest BCUT2D eigenvalue weighted by atomic mass is 16.8. The highest BCUT2D eigenvalue weighted by Gasteiger charge is 2.17. The topological polar surface area (TPSA) is 36.9 Å². The molecule has 6 heteroatoms. The minimum Gasteiger partial charge on any atom is -0.536 e. The fraction of sp³-hybridized carbons (Fsp3) is 0.571. The van der Waals surface area contributed by atoms with Crippen LogP contribution in [0.3, 0.4) is 0 Å². The zero-order chi connectivity index (χ0) is 15.8. The molecule has 0 saturated carbocycles. The molecule has 1 aromatic rings. The highest BCUT2D eigenvalue weighted by molar-refractivity contribution is 6.44. The summed E-state index contributed by atoms with van der Waals surface area (Å²) in [5, 5.41) is 0. The van der Waals surface area contributed by atoms with E-state index in [1.165, 1.54) is 0 Å². The first-order valence-corrected chi connectivity index (χ1v) is 7.20. The largest absolute Gasteiger partial charge is 0.536 e. The van der Waals surface area contributed by atoms with Crippen LogP contribution < -0.4 is 4.65 Å². The van der Waals surface area contributed by atoms with Crippen LogP contribution in [0.1, 0.15) is 27.7 Å². The Morgan fingerprint density at radius 2 is 1.50 bits per heavy atom. The van der Waals surface area contributed by atoms with Crippen LogP contribution >= 0.6 is 0 Å². The molecule has 1 heterocycles. The van der Waals surface area contributed by atoms with E-state index in [-0.39, 0.29) is 14.2 Å². The van der Waals surface area contributed by atoms with Gasteiger partial charge in [0.15, 0.2) is 0 Å². The van der Waals surface area contributed by atoms with Crippen molar-refractivity contribution in [3.8, 4) is 5.75 Å². The van der Waals surface area contributed by atoms with E-state index < -0.39 is 0 Å². The maximum absolute atomic E-state index is 5.34. The maximum Gasteiger partial charge on any atom is 0.521 e. The first kappa shape index (κ1) is 21.3. The molecule has 1 saturated heterocycles. The molecule has 2 rings (SSSR count). The number of rotatable bonds is 3. The normalized spacial score (nSPS) is 11.2. The van der Waals surface area contributed by atoms with Gasteiger partial charge in [-0.1, -0.05) is 45.9 Å². The summed E-state index contributed by atoms with van der Waals surface area (Å²) in [5.41, 5.74) is 0. The Labute approximate surface area is 125 Å². The predicted molar refractivity (Wildman–Crippen MR) is 87.0 cm³/mol. The van der Waals surface area contributed by atoms with Gasteiger partial charge in [0.1, 0.15) is 12.5 Å². The molecule has 114 valence electrons. The van der Waals surface area contributed by atoms with Crippen LogP contribution in [0.2, 0.25) is 13.6 Å². The predicted octanol–water partition coefficient (Wildman–Crippen LogP) is 3.99. The second-order valence-corrected chi connectivity index (χ2v) is 3.25. The molecule has 1 aromatic carbocycles. The second-order valence-electron chi connectivity index (χ2n) is 3.25. The average molecular weight is 282 g/mol. The molecular weight excluding hydrogens is 254 g/mol. The summed E-state index contributed by atoms with van der Waals surface area (Å²) in [6.45, 7) is 12.2. The summed E-state index contributed by atoms with van der Waals surface area (Å²) in [4.78, 5) is 0. The zero-order valence-electron chi connectivity index (χ0n) is 13.9. The van der Waals surface area contributed by atoms with Gasteiger partial charge in [0.05, 0.1) is 0 Å². The number of hydrogen-bond donors (Lipinski definition) is 0. The van der Waals surface area contributed by atoms with Gasteiger partial charge in [0, 0.05) is 7.11 Å². The van der Waals surface area contributed by atoms with Gasteiger partial charge in [-0.15, -0.1) is 0 Å². The van der Waals surface area contributed by atoms with Gasteiger partial charge >= 0.3 is 14.2 Å². The van der Waals surface area contributed by atoms with Crippen molar-refractivity contribution in [2.75, 3.05) is 13.9 Å². The molecule has 1 aliphatic heterocycles. The van der Waals surface area contributed by atoms with Gasteiger partial charge in [-0.25, -0.2) is 0 Å². The van der Waals surface area contributed by atoms with Gasteiger partial charge in [0.2, 0.25) is 0 Å². The molecule has 0 unspecified atom stereocenters. The van der Waals surface area contributed by atoms with E-state index >= 15 is 0 Å². The SMILES string of the molecule is CB1OCO1.CC.CC.COB(C)Oc1ccccc1. The smallest absolute Gasteiger partial charge is 0.521 e. The van der Waals surface area contributed by atoms with Crippen molar-refractivity contribution in [3.05, 3.63) is 30.3 Å². The number of para-hydroxylation sites is 1. The van der Waals surface area contributed by atoms with Gasteiger partial charge in [-0.3, -0.25) is 0 Å². The first-order valence-electron chi connectivity index (χ1n) is 7.20. The van der Waals surface area contributed by atoms with Gasteiger partial charge in [-0.2, -0.15) is 0 Å². The van der Waals surface area contributed by atoms with Crippen molar-refractivity contribution < 1.29 is 18.6 Å². The van der Waals surface area contributed by atoms with E-state index in [0.717, 1.165) is 5.75 Å². The van der Waals surface area contributed by atoms with Crippen molar-refractivity contribution in [2.45, 2.75) is 41.3 Å². The van der Waals surface area contributed by atoms with Crippen LogP contribution in [0.15, 0.2) is 30.3 Å². The number of benzene rings is 1. The van der Waals surface area contributed by atoms with E-state index in [4.69, 9.17) is 18.6 Å². The quantitative estimate of drug-likeness (QED) is 0.785. The second kappa shape index (κ2) is 16.1. The molecule has 4 nitrogen and oxygen atoms in total. The molecule has 0 radical (unpaired) electrons.